The van der Waals surface area contributed by atoms with Crippen molar-refractivity contribution < 1.29 is 14.4 Å². The number of aryl methyl sites for hydroxylation is 1. The quantitative estimate of drug-likeness (QED) is 0.697. The predicted molar refractivity (Wildman–Crippen MR) is 81.8 cm³/mol. The highest BCUT2D eigenvalue weighted by Gasteiger charge is 2.18. The molecule has 7 heteroatoms. The average Bonchev–Trinajstić information content (AvgIpc) is 3.08. The first-order chi connectivity index (χ1) is 10.1. The van der Waals surface area contributed by atoms with Crippen molar-refractivity contribution in [3.63, 3.8) is 0 Å². The van der Waals surface area contributed by atoms with Crippen LogP contribution in [-0.2, 0) is 11.9 Å². The Labute approximate surface area is 125 Å². The maximum Gasteiger partial charge on any atom is 0.287 e. The van der Waals surface area contributed by atoms with E-state index in [2.05, 4.69) is 5.10 Å². The van der Waals surface area contributed by atoms with Crippen LogP contribution in [0.15, 0.2) is 18.3 Å². The van der Waals surface area contributed by atoms with Gasteiger partial charge in [0.05, 0.1) is 25.3 Å². The Balaban J connectivity index is 2.26. The Kier molecular flexibility index (Phi) is 3.30. The topological polar surface area (TPSA) is 56.6 Å². The van der Waals surface area contributed by atoms with Crippen molar-refractivity contribution in [3.8, 4) is 5.75 Å². The number of carbonyl (C=O) groups is 1. The molecule has 2 heterocycles. The van der Waals surface area contributed by atoms with Crippen LogP contribution in [0.25, 0.3) is 21.0 Å². The van der Waals surface area contributed by atoms with E-state index in [-0.39, 0.29) is 5.91 Å². The fourth-order valence-electron chi connectivity index (χ4n) is 2.34. The molecule has 0 fully saturated rings. The number of hydrogen-bond acceptors (Lipinski definition) is 5. The zero-order valence-electron chi connectivity index (χ0n) is 12.2. The minimum absolute atomic E-state index is 0.172. The number of amides is 1. The first-order valence-corrected chi connectivity index (χ1v) is 7.13. The standard InChI is InChI=1S/C14H15N3O3S/c1-16-13-9(7-15-16)8-5-12(14(18)17(2)20-4)21-11(8)6-10(13)19-3/h5-7H,1-4H3. The number of benzene rings is 1. The van der Waals surface area contributed by atoms with Gasteiger partial charge in [-0.3, -0.25) is 14.3 Å². The van der Waals surface area contributed by atoms with Crippen LogP contribution < -0.4 is 4.74 Å². The van der Waals surface area contributed by atoms with Gasteiger partial charge in [0.15, 0.2) is 0 Å². The van der Waals surface area contributed by atoms with Crippen LogP contribution in [0.2, 0.25) is 0 Å². The van der Waals surface area contributed by atoms with E-state index >= 15 is 0 Å². The van der Waals surface area contributed by atoms with Crippen LogP contribution in [-0.4, -0.2) is 42.0 Å². The van der Waals surface area contributed by atoms with Gasteiger partial charge in [0.1, 0.15) is 11.3 Å². The highest BCUT2D eigenvalue weighted by molar-refractivity contribution is 7.21. The molecule has 110 valence electrons. The molecule has 6 nitrogen and oxygen atoms in total. The zero-order chi connectivity index (χ0) is 15.1. The molecule has 0 atom stereocenters. The van der Waals surface area contributed by atoms with Crippen molar-refractivity contribution in [2.24, 2.45) is 7.05 Å². The summed E-state index contributed by atoms with van der Waals surface area (Å²) < 4.78 is 8.20. The van der Waals surface area contributed by atoms with Gasteiger partial charge in [-0.25, -0.2) is 5.06 Å². The number of methoxy groups -OCH3 is 1. The molecule has 0 saturated carbocycles. The molecule has 3 rings (SSSR count). The molecule has 0 aliphatic heterocycles. The van der Waals surface area contributed by atoms with E-state index in [1.54, 1.807) is 25.0 Å². The van der Waals surface area contributed by atoms with Gasteiger partial charge in [-0.15, -0.1) is 11.3 Å². The number of thiophene rings is 1. The molecule has 0 bridgehead atoms. The molecule has 0 radical (unpaired) electrons. The van der Waals surface area contributed by atoms with Gasteiger partial charge >= 0.3 is 0 Å². The van der Waals surface area contributed by atoms with Gasteiger partial charge in [0.25, 0.3) is 5.91 Å². The summed E-state index contributed by atoms with van der Waals surface area (Å²) in [5.41, 5.74) is 0.918. The summed E-state index contributed by atoms with van der Waals surface area (Å²) in [5, 5.41) is 7.46. The van der Waals surface area contributed by atoms with Crippen LogP contribution >= 0.6 is 11.3 Å². The van der Waals surface area contributed by atoms with Crippen LogP contribution in [0.3, 0.4) is 0 Å². The fraction of sp³-hybridized carbons (Fsp3) is 0.286. The lowest BCUT2D eigenvalue weighted by atomic mass is 10.1. The normalized spacial score (nSPS) is 11.2. The van der Waals surface area contributed by atoms with Crippen LogP contribution in [0.4, 0.5) is 0 Å². The molecular formula is C14H15N3O3S. The molecule has 21 heavy (non-hydrogen) atoms. The number of ether oxygens (including phenoxy) is 1. The van der Waals surface area contributed by atoms with E-state index in [0.717, 1.165) is 26.7 Å². The second kappa shape index (κ2) is 5.01. The molecule has 0 aliphatic carbocycles. The summed E-state index contributed by atoms with van der Waals surface area (Å²) in [4.78, 5) is 17.8. The first-order valence-electron chi connectivity index (χ1n) is 6.31. The van der Waals surface area contributed by atoms with E-state index < -0.39 is 0 Å². The third-order valence-electron chi connectivity index (χ3n) is 3.48. The number of rotatable bonds is 3. The molecule has 1 aromatic carbocycles. The lowest BCUT2D eigenvalue weighted by Gasteiger charge is -2.11. The molecule has 0 N–H and O–H groups in total. The molecule has 0 unspecified atom stereocenters. The third-order valence-corrected chi connectivity index (χ3v) is 4.55. The monoisotopic (exact) mass is 305 g/mol. The van der Waals surface area contributed by atoms with Gasteiger partial charge in [-0.1, -0.05) is 0 Å². The van der Waals surface area contributed by atoms with Crippen molar-refractivity contribution >= 4 is 38.2 Å². The summed E-state index contributed by atoms with van der Waals surface area (Å²) in [7, 11) is 6.56. The Bertz CT molecular complexity index is 837. The maximum absolute atomic E-state index is 12.2. The molecular weight excluding hydrogens is 290 g/mol. The number of nitrogens with zero attached hydrogens (tertiary/aromatic N) is 3. The van der Waals surface area contributed by atoms with E-state index in [0.29, 0.717) is 4.88 Å². The average molecular weight is 305 g/mol. The van der Waals surface area contributed by atoms with E-state index in [1.165, 1.54) is 23.5 Å². The summed E-state index contributed by atoms with van der Waals surface area (Å²) in [6, 6.07) is 3.81. The second-order valence-corrected chi connectivity index (χ2v) is 5.70. The van der Waals surface area contributed by atoms with Crippen molar-refractivity contribution in [2.75, 3.05) is 21.3 Å². The zero-order valence-corrected chi connectivity index (χ0v) is 13.0. The van der Waals surface area contributed by atoms with Gasteiger partial charge in [0.2, 0.25) is 0 Å². The molecule has 1 amide bonds. The van der Waals surface area contributed by atoms with E-state index in [4.69, 9.17) is 9.57 Å². The van der Waals surface area contributed by atoms with Crippen molar-refractivity contribution in [1.82, 2.24) is 14.8 Å². The van der Waals surface area contributed by atoms with Crippen LogP contribution in [0.5, 0.6) is 5.75 Å². The first kappa shape index (κ1) is 13.8. The minimum Gasteiger partial charge on any atom is -0.494 e. The van der Waals surface area contributed by atoms with Crippen molar-refractivity contribution in [3.05, 3.63) is 23.2 Å². The number of carbonyl (C=O) groups excluding carboxylic acids is 1. The van der Waals surface area contributed by atoms with Crippen molar-refractivity contribution in [2.45, 2.75) is 0 Å². The second-order valence-electron chi connectivity index (χ2n) is 4.62. The molecule has 2 aromatic heterocycles. The molecule has 0 spiro atoms. The Morgan fingerprint density at radius 1 is 1.33 bits per heavy atom. The van der Waals surface area contributed by atoms with Gasteiger partial charge < -0.3 is 4.74 Å². The van der Waals surface area contributed by atoms with Crippen LogP contribution in [0.1, 0.15) is 9.67 Å². The lowest BCUT2D eigenvalue weighted by Crippen LogP contribution is -2.24. The third kappa shape index (κ3) is 2.05. The highest BCUT2D eigenvalue weighted by atomic mass is 32.1. The molecule has 0 saturated heterocycles. The maximum atomic E-state index is 12.2. The smallest absolute Gasteiger partial charge is 0.287 e. The Morgan fingerprint density at radius 3 is 2.76 bits per heavy atom. The van der Waals surface area contributed by atoms with Crippen LogP contribution in [0, 0.1) is 0 Å². The van der Waals surface area contributed by atoms with Gasteiger partial charge in [-0.05, 0) is 6.07 Å². The summed E-state index contributed by atoms with van der Waals surface area (Å²) >= 11 is 1.41. The molecule has 3 aromatic rings. The Hall–Kier alpha value is -2.12. The predicted octanol–water partition coefficient (Wildman–Crippen LogP) is 2.43. The summed E-state index contributed by atoms with van der Waals surface area (Å²) in [5.74, 6) is 0.577. The molecule has 0 aliphatic rings. The van der Waals surface area contributed by atoms with E-state index in [1.807, 2.05) is 19.2 Å². The number of fused-ring (bicyclic) bond motifs is 3. The largest absolute Gasteiger partial charge is 0.494 e. The SMILES string of the molecule is COc1cc2sc(C(=O)N(C)OC)cc2c2cnn(C)c12. The highest BCUT2D eigenvalue weighted by Crippen LogP contribution is 2.37. The Morgan fingerprint density at radius 2 is 2.10 bits per heavy atom. The lowest BCUT2D eigenvalue weighted by molar-refractivity contribution is -0.0753. The van der Waals surface area contributed by atoms with E-state index in [9.17, 15) is 4.79 Å². The number of hydroxylamine groups is 2. The van der Waals surface area contributed by atoms with Gasteiger partial charge in [0, 0.05) is 35.6 Å². The number of hydrogen-bond donors (Lipinski definition) is 0. The summed E-state index contributed by atoms with van der Waals surface area (Å²) in [6.45, 7) is 0. The minimum atomic E-state index is -0.172. The van der Waals surface area contributed by atoms with Crippen molar-refractivity contribution in [1.29, 1.82) is 0 Å². The fourth-order valence-corrected chi connectivity index (χ4v) is 3.41. The summed E-state index contributed by atoms with van der Waals surface area (Å²) in [6.07, 6.45) is 1.79. The van der Waals surface area contributed by atoms with Gasteiger partial charge in [-0.2, -0.15) is 5.10 Å². The number of aromatic nitrogens is 2.